The molecule has 0 saturated carbocycles. The van der Waals surface area contributed by atoms with Crippen molar-refractivity contribution in [1.29, 1.82) is 0 Å². The van der Waals surface area contributed by atoms with Crippen LogP contribution < -0.4 is 15.1 Å². The normalized spacial score (nSPS) is 11.0. The van der Waals surface area contributed by atoms with Gasteiger partial charge in [0.05, 0.1) is 10.7 Å². The number of carbonyl (C=O) groups is 1. The van der Waals surface area contributed by atoms with E-state index in [1.807, 2.05) is 42.5 Å². The monoisotopic (exact) mass is 469 g/mol. The molecule has 0 heterocycles. The van der Waals surface area contributed by atoms with Crippen LogP contribution in [0, 0.1) is 0 Å². The number of hydrogen-bond acceptors (Lipinski definition) is 5. The number of nitrogens with zero attached hydrogens (tertiary/aromatic N) is 2. The van der Waals surface area contributed by atoms with E-state index >= 15 is 0 Å². The number of hydrazone groups is 1. The van der Waals surface area contributed by atoms with Gasteiger partial charge in [0.2, 0.25) is 0 Å². The van der Waals surface area contributed by atoms with Gasteiger partial charge in [-0.05, 0) is 58.7 Å². The predicted molar refractivity (Wildman–Crippen MR) is 125 cm³/mol. The largest absolute Gasteiger partial charge is 0.507 e. The second-order valence-corrected chi connectivity index (χ2v) is 7.39. The molecule has 0 fully saturated rings. The van der Waals surface area contributed by atoms with Crippen molar-refractivity contribution >= 4 is 44.5 Å². The van der Waals surface area contributed by atoms with Crippen LogP contribution in [0.2, 0.25) is 0 Å². The lowest BCUT2D eigenvalue weighted by molar-refractivity contribution is -0.123. The number of carbonyl (C=O) groups excluding carboxylic acids is 1. The molecular weight excluding hydrogens is 446 g/mol. The van der Waals surface area contributed by atoms with E-state index in [4.69, 9.17) is 4.74 Å². The standard InChI is InChI=1S/C23H24BrN3O3/c1-3-27(4-2)18-11-9-17(20(28)13-18)14-25-26-22(29)15-30-21-12-10-16-7-5-6-8-19(16)23(21)24/h5-14,28H,3-4,15H2,1-2H3,(H,26,29). The van der Waals surface area contributed by atoms with Gasteiger partial charge in [0.1, 0.15) is 11.5 Å². The lowest BCUT2D eigenvalue weighted by Gasteiger charge is -2.21. The molecule has 6 nitrogen and oxygen atoms in total. The van der Waals surface area contributed by atoms with Crippen molar-refractivity contribution in [1.82, 2.24) is 5.43 Å². The van der Waals surface area contributed by atoms with Gasteiger partial charge in [0, 0.05) is 30.4 Å². The van der Waals surface area contributed by atoms with E-state index in [0.29, 0.717) is 11.3 Å². The van der Waals surface area contributed by atoms with E-state index in [1.165, 1.54) is 6.21 Å². The zero-order valence-corrected chi connectivity index (χ0v) is 18.5. The summed E-state index contributed by atoms with van der Waals surface area (Å²) in [6.45, 7) is 5.65. The Morgan fingerprint density at radius 1 is 1.17 bits per heavy atom. The van der Waals surface area contributed by atoms with Crippen LogP contribution in [0.25, 0.3) is 10.8 Å². The number of nitrogens with one attached hydrogen (secondary N) is 1. The first-order valence-corrected chi connectivity index (χ1v) is 10.5. The number of anilines is 1. The molecule has 0 unspecified atom stereocenters. The predicted octanol–water partition coefficient (Wildman–Crippen LogP) is 4.68. The molecule has 0 atom stereocenters. The fourth-order valence-corrected chi connectivity index (χ4v) is 3.71. The SMILES string of the molecule is CCN(CC)c1ccc(C=NNC(=O)COc2ccc3ccccc3c2Br)c(O)c1. The fourth-order valence-electron chi connectivity index (χ4n) is 3.10. The smallest absolute Gasteiger partial charge is 0.277 e. The molecule has 2 N–H and O–H groups in total. The third-order valence-corrected chi connectivity index (χ3v) is 5.54. The molecule has 3 aromatic carbocycles. The molecule has 7 heteroatoms. The number of halogens is 1. The summed E-state index contributed by atoms with van der Waals surface area (Å²) in [5.41, 5.74) is 3.87. The maximum absolute atomic E-state index is 12.1. The van der Waals surface area contributed by atoms with Gasteiger partial charge in [-0.15, -0.1) is 0 Å². The molecule has 0 bridgehead atoms. The topological polar surface area (TPSA) is 74.2 Å². The van der Waals surface area contributed by atoms with Crippen LogP contribution in [0.1, 0.15) is 19.4 Å². The van der Waals surface area contributed by atoms with Crippen molar-refractivity contribution in [3.63, 3.8) is 0 Å². The molecule has 0 saturated heterocycles. The van der Waals surface area contributed by atoms with Crippen LogP contribution in [-0.4, -0.2) is 36.9 Å². The van der Waals surface area contributed by atoms with E-state index in [9.17, 15) is 9.90 Å². The van der Waals surface area contributed by atoms with Crippen LogP contribution in [0.5, 0.6) is 11.5 Å². The Balaban J connectivity index is 1.57. The highest BCUT2D eigenvalue weighted by atomic mass is 79.9. The number of fused-ring (bicyclic) bond motifs is 1. The van der Waals surface area contributed by atoms with Crippen LogP contribution in [-0.2, 0) is 4.79 Å². The van der Waals surface area contributed by atoms with Gasteiger partial charge in [-0.2, -0.15) is 5.10 Å². The molecule has 156 valence electrons. The lowest BCUT2D eigenvalue weighted by atomic mass is 10.1. The lowest BCUT2D eigenvalue weighted by Crippen LogP contribution is -2.24. The molecule has 0 radical (unpaired) electrons. The summed E-state index contributed by atoms with van der Waals surface area (Å²) in [4.78, 5) is 14.2. The summed E-state index contributed by atoms with van der Waals surface area (Å²) < 4.78 is 6.41. The van der Waals surface area contributed by atoms with Gasteiger partial charge in [0.25, 0.3) is 5.91 Å². The number of phenolic OH excluding ortho intramolecular Hbond substituents is 1. The van der Waals surface area contributed by atoms with Gasteiger partial charge < -0.3 is 14.7 Å². The molecule has 0 aliphatic carbocycles. The maximum atomic E-state index is 12.1. The van der Waals surface area contributed by atoms with Crippen molar-refractivity contribution in [3.8, 4) is 11.5 Å². The van der Waals surface area contributed by atoms with Crippen molar-refractivity contribution in [3.05, 3.63) is 64.6 Å². The average molecular weight is 470 g/mol. The number of aromatic hydroxyl groups is 1. The summed E-state index contributed by atoms with van der Waals surface area (Å²) in [6, 6.07) is 17.0. The first-order chi connectivity index (χ1) is 14.5. The van der Waals surface area contributed by atoms with Crippen LogP contribution in [0.15, 0.2) is 64.2 Å². The number of phenols is 1. The number of rotatable bonds is 8. The second kappa shape index (κ2) is 10.1. The van der Waals surface area contributed by atoms with Crippen molar-refractivity contribution in [2.75, 3.05) is 24.6 Å². The van der Waals surface area contributed by atoms with Crippen molar-refractivity contribution in [2.24, 2.45) is 5.10 Å². The molecule has 3 aromatic rings. The Labute approximate surface area is 184 Å². The van der Waals surface area contributed by atoms with Crippen LogP contribution in [0.4, 0.5) is 5.69 Å². The quantitative estimate of drug-likeness (QED) is 0.370. The molecule has 3 rings (SSSR count). The van der Waals surface area contributed by atoms with E-state index in [1.54, 1.807) is 12.1 Å². The van der Waals surface area contributed by atoms with E-state index in [-0.39, 0.29) is 12.4 Å². The summed E-state index contributed by atoms with van der Waals surface area (Å²) >= 11 is 3.53. The number of hydrogen-bond donors (Lipinski definition) is 2. The Morgan fingerprint density at radius 2 is 1.93 bits per heavy atom. The second-order valence-electron chi connectivity index (χ2n) is 6.60. The summed E-state index contributed by atoms with van der Waals surface area (Å²) in [6.07, 6.45) is 1.41. The first-order valence-electron chi connectivity index (χ1n) is 9.73. The molecule has 0 aromatic heterocycles. The third-order valence-electron chi connectivity index (χ3n) is 4.72. The molecule has 0 aliphatic rings. The Hall–Kier alpha value is -3.06. The van der Waals surface area contributed by atoms with Gasteiger partial charge in [0.15, 0.2) is 6.61 Å². The Bertz CT molecular complexity index is 1060. The summed E-state index contributed by atoms with van der Waals surface area (Å²) in [5.74, 6) is 0.289. The van der Waals surface area contributed by atoms with Crippen LogP contribution >= 0.6 is 15.9 Å². The third kappa shape index (κ3) is 5.10. The first kappa shape index (κ1) is 21.6. The highest BCUT2D eigenvalue weighted by molar-refractivity contribution is 9.10. The minimum atomic E-state index is -0.398. The minimum absolute atomic E-state index is 0.105. The van der Waals surface area contributed by atoms with Crippen molar-refractivity contribution < 1.29 is 14.6 Å². The zero-order valence-electron chi connectivity index (χ0n) is 16.9. The van der Waals surface area contributed by atoms with Gasteiger partial charge in [-0.25, -0.2) is 5.43 Å². The van der Waals surface area contributed by atoms with Gasteiger partial charge >= 0.3 is 0 Å². The fraction of sp³-hybridized carbons (Fsp3) is 0.217. The highest BCUT2D eigenvalue weighted by Crippen LogP contribution is 2.33. The highest BCUT2D eigenvalue weighted by Gasteiger charge is 2.09. The van der Waals surface area contributed by atoms with Gasteiger partial charge in [-0.1, -0.05) is 30.3 Å². The van der Waals surface area contributed by atoms with E-state index < -0.39 is 5.91 Å². The maximum Gasteiger partial charge on any atom is 0.277 e. The van der Waals surface area contributed by atoms with E-state index in [0.717, 1.165) is 34.0 Å². The summed E-state index contributed by atoms with van der Waals surface area (Å²) in [5, 5.41) is 16.2. The Kier molecular flexibility index (Phi) is 7.30. The zero-order chi connectivity index (χ0) is 21.5. The molecule has 0 aliphatic heterocycles. The van der Waals surface area contributed by atoms with Gasteiger partial charge in [-0.3, -0.25) is 4.79 Å². The van der Waals surface area contributed by atoms with Crippen LogP contribution in [0.3, 0.4) is 0 Å². The number of ether oxygens (including phenoxy) is 1. The summed E-state index contributed by atoms with van der Waals surface area (Å²) in [7, 11) is 0. The number of benzene rings is 3. The molecule has 1 amide bonds. The average Bonchev–Trinajstić information content (AvgIpc) is 2.76. The number of amides is 1. The molecule has 30 heavy (non-hydrogen) atoms. The Morgan fingerprint density at radius 3 is 2.67 bits per heavy atom. The molecular formula is C23H24BrN3O3. The van der Waals surface area contributed by atoms with Crippen molar-refractivity contribution in [2.45, 2.75) is 13.8 Å². The minimum Gasteiger partial charge on any atom is -0.507 e. The molecule has 0 spiro atoms. The van der Waals surface area contributed by atoms with E-state index in [2.05, 4.69) is 45.2 Å².